The third-order valence-electron chi connectivity index (χ3n) is 1.91. The van der Waals surface area contributed by atoms with E-state index >= 15 is 0 Å². The molecule has 0 amide bonds. The molecule has 0 aliphatic rings. The lowest BCUT2D eigenvalue weighted by atomic mass is 10.1. The van der Waals surface area contributed by atoms with E-state index in [1.807, 2.05) is 38.1 Å². The zero-order chi connectivity index (χ0) is 12.1. The summed E-state index contributed by atoms with van der Waals surface area (Å²) < 4.78 is 7.54. The molecule has 0 heterocycles. The Balaban J connectivity index is 3.13. The fourth-order valence-electron chi connectivity index (χ4n) is 1.26. The summed E-state index contributed by atoms with van der Waals surface area (Å²) >= 11 is 6.94. The molecular weight excluding hydrogens is 334 g/mol. The predicted octanol–water partition coefficient (Wildman–Crippen LogP) is 3.97. The number of halogens is 2. The van der Waals surface area contributed by atoms with E-state index in [0.717, 1.165) is 20.3 Å². The predicted molar refractivity (Wildman–Crippen MR) is 75.7 cm³/mol. The summed E-state index contributed by atoms with van der Waals surface area (Å²) in [6.45, 7) is 4.54. The maximum atomic E-state index is 5.69. The fourth-order valence-corrected chi connectivity index (χ4v) is 2.63. The van der Waals surface area contributed by atoms with Crippen LogP contribution in [-0.4, -0.2) is 12.6 Å². The van der Waals surface area contributed by atoms with Crippen molar-refractivity contribution in [2.75, 3.05) is 6.61 Å². The minimum absolute atomic E-state index is 0.0345. The maximum absolute atomic E-state index is 5.69. The number of benzene rings is 1. The molecule has 0 spiro atoms. The van der Waals surface area contributed by atoms with Gasteiger partial charge in [0.1, 0.15) is 5.75 Å². The molecule has 16 heavy (non-hydrogen) atoms. The van der Waals surface area contributed by atoms with E-state index in [4.69, 9.17) is 10.5 Å². The lowest BCUT2D eigenvalue weighted by molar-refractivity contribution is 0.337. The Labute approximate surface area is 113 Å². The molecule has 0 fully saturated rings. The third-order valence-corrected chi connectivity index (χ3v) is 2.95. The fraction of sp³-hybridized carbons (Fsp3) is 0.333. The lowest BCUT2D eigenvalue weighted by Crippen LogP contribution is -2.10. The van der Waals surface area contributed by atoms with Gasteiger partial charge in [-0.1, -0.05) is 28.1 Å². The minimum atomic E-state index is 0.0345. The van der Waals surface area contributed by atoms with Crippen LogP contribution in [0.25, 0.3) is 6.08 Å². The summed E-state index contributed by atoms with van der Waals surface area (Å²) in [5, 5.41) is 0. The van der Waals surface area contributed by atoms with Gasteiger partial charge in [-0.15, -0.1) is 0 Å². The van der Waals surface area contributed by atoms with E-state index < -0.39 is 0 Å². The third kappa shape index (κ3) is 3.92. The molecule has 0 aliphatic carbocycles. The Kier molecular flexibility index (Phi) is 5.52. The highest BCUT2D eigenvalue weighted by Gasteiger charge is 2.07. The van der Waals surface area contributed by atoms with E-state index in [-0.39, 0.29) is 6.04 Å². The molecular formula is C12H15Br2NO. The molecule has 0 aromatic heterocycles. The van der Waals surface area contributed by atoms with Crippen LogP contribution >= 0.6 is 31.9 Å². The van der Waals surface area contributed by atoms with Crippen LogP contribution in [0.3, 0.4) is 0 Å². The van der Waals surface area contributed by atoms with E-state index in [2.05, 4.69) is 31.9 Å². The van der Waals surface area contributed by atoms with Gasteiger partial charge < -0.3 is 10.5 Å². The molecule has 0 aliphatic heterocycles. The number of hydrogen-bond donors (Lipinski definition) is 1. The van der Waals surface area contributed by atoms with E-state index in [0.29, 0.717) is 6.61 Å². The van der Waals surface area contributed by atoms with Gasteiger partial charge in [0.2, 0.25) is 0 Å². The second kappa shape index (κ2) is 6.42. The van der Waals surface area contributed by atoms with Gasteiger partial charge in [0, 0.05) is 16.1 Å². The van der Waals surface area contributed by atoms with Gasteiger partial charge in [-0.25, -0.2) is 0 Å². The lowest BCUT2D eigenvalue weighted by Gasteiger charge is -2.10. The number of ether oxygens (including phenoxy) is 1. The topological polar surface area (TPSA) is 35.2 Å². The van der Waals surface area contributed by atoms with Crippen LogP contribution in [0.5, 0.6) is 5.75 Å². The van der Waals surface area contributed by atoms with Gasteiger partial charge in [-0.3, -0.25) is 0 Å². The van der Waals surface area contributed by atoms with Gasteiger partial charge in [0.15, 0.2) is 0 Å². The average molecular weight is 349 g/mol. The zero-order valence-electron chi connectivity index (χ0n) is 9.34. The van der Waals surface area contributed by atoms with Crippen molar-refractivity contribution >= 4 is 37.9 Å². The van der Waals surface area contributed by atoms with Gasteiger partial charge in [0.25, 0.3) is 0 Å². The normalized spacial score (nSPS) is 13.1. The average Bonchev–Trinajstić information content (AvgIpc) is 2.19. The van der Waals surface area contributed by atoms with Crippen molar-refractivity contribution in [3.8, 4) is 5.75 Å². The Hall–Kier alpha value is -0.320. The number of nitrogens with two attached hydrogens (primary N) is 1. The standard InChI is InChI=1S/C12H15Br2NO/c1-3-16-12-9(5-4-8(2)15)6-10(13)7-11(12)14/h4-8H,3,15H2,1-2H3/b5-4+. The largest absolute Gasteiger partial charge is 0.492 e. The smallest absolute Gasteiger partial charge is 0.140 e. The molecule has 1 unspecified atom stereocenters. The summed E-state index contributed by atoms with van der Waals surface area (Å²) in [6, 6.07) is 4.01. The first-order valence-electron chi connectivity index (χ1n) is 5.10. The van der Waals surface area contributed by atoms with Crippen LogP contribution in [0.15, 0.2) is 27.2 Å². The van der Waals surface area contributed by atoms with Gasteiger partial charge in [-0.05, 0) is 41.9 Å². The molecule has 2 N–H and O–H groups in total. The summed E-state index contributed by atoms with van der Waals surface area (Å²) in [7, 11) is 0. The van der Waals surface area contributed by atoms with Crippen LogP contribution < -0.4 is 10.5 Å². The van der Waals surface area contributed by atoms with Crippen molar-refractivity contribution in [3.05, 3.63) is 32.7 Å². The molecule has 0 radical (unpaired) electrons. The first-order chi connectivity index (χ1) is 7.54. The van der Waals surface area contributed by atoms with Crippen LogP contribution in [0.2, 0.25) is 0 Å². The van der Waals surface area contributed by atoms with E-state index in [9.17, 15) is 0 Å². The summed E-state index contributed by atoms with van der Waals surface area (Å²) in [4.78, 5) is 0. The van der Waals surface area contributed by atoms with Crippen molar-refractivity contribution in [1.82, 2.24) is 0 Å². The Bertz CT molecular complexity index is 389. The Morgan fingerprint density at radius 1 is 1.44 bits per heavy atom. The molecule has 0 saturated heterocycles. The van der Waals surface area contributed by atoms with Gasteiger partial charge >= 0.3 is 0 Å². The second-order valence-corrected chi connectivity index (χ2v) is 5.23. The van der Waals surface area contributed by atoms with Crippen molar-refractivity contribution in [3.63, 3.8) is 0 Å². The number of rotatable bonds is 4. The minimum Gasteiger partial charge on any atom is -0.492 e. The van der Waals surface area contributed by atoms with Crippen LogP contribution in [0.4, 0.5) is 0 Å². The van der Waals surface area contributed by atoms with E-state index in [1.54, 1.807) is 0 Å². The molecule has 1 atom stereocenters. The quantitative estimate of drug-likeness (QED) is 0.893. The second-order valence-electron chi connectivity index (χ2n) is 3.46. The summed E-state index contributed by atoms with van der Waals surface area (Å²) in [6.07, 6.45) is 3.92. The SMILES string of the molecule is CCOc1c(Br)cc(Br)cc1/C=C/C(C)N. The van der Waals surface area contributed by atoms with Crippen LogP contribution in [0, 0.1) is 0 Å². The molecule has 0 saturated carbocycles. The molecule has 88 valence electrons. The highest BCUT2D eigenvalue weighted by atomic mass is 79.9. The first-order valence-corrected chi connectivity index (χ1v) is 6.68. The van der Waals surface area contributed by atoms with Crippen molar-refractivity contribution in [2.24, 2.45) is 5.73 Å². The Morgan fingerprint density at radius 2 is 2.12 bits per heavy atom. The molecule has 4 heteroatoms. The van der Waals surface area contributed by atoms with Crippen molar-refractivity contribution in [2.45, 2.75) is 19.9 Å². The monoisotopic (exact) mass is 347 g/mol. The first kappa shape index (κ1) is 13.7. The van der Waals surface area contributed by atoms with Crippen molar-refractivity contribution in [1.29, 1.82) is 0 Å². The molecule has 1 rings (SSSR count). The summed E-state index contributed by atoms with van der Waals surface area (Å²) in [5.41, 5.74) is 6.70. The Morgan fingerprint density at radius 3 is 2.69 bits per heavy atom. The zero-order valence-corrected chi connectivity index (χ0v) is 12.5. The molecule has 1 aromatic carbocycles. The van der Waals surface area contributed by atoms with E-state index in [1.165, 1.54) is 0 Å². The maximum Gasteiger partial charge on any atom is 0.140 e. The summed E-state index contributed by atoms with van der Waals surface area (Å²) in [5.74, 6) is 0.850. The van der Waals surface area contributed by atoms with Crippen LogP contribution in [0.1, 0.15) is 19.4 Å². The molecule has 0 bridgehead atoms. The molecule has 2 nitrogen and oxygen atoms in total. The van der Waals surface area contributed by atoms with Gasteiger partial charge in [0.05, 0.1) is 11.1 Å². The highest BCUT2D eigenvalue weighted by molar-refractivity contribution is 9.11. The molecule has 1 aromatic rings. The van der Waals surface area contributed by atoms with Crippen LogP contribution in [-0.2, 0) is 0 Å². The van der Waals surface area contributed by atoms with Crippen molar-refractivity contribution < 1.29 is 4.74 Å². The number of hydrogen-bond acceptors (Lipinski definition) is 2. The van der Waals surface area contributed by atoms with Gasteiger partial charge in [-0.2, -0.15) is 0 Å². The highest BCUT2D eigenvalue weighted by Crippen LogP contribution is 2.33.